The Morgan fingerprint density at radius 3 is 2.79 bits per heavy atom. The molecule has 1 aliphatic heterocycles. The van der Waals surface area contributed by atoms with Gasteiger partial charge in [0.15, 0.2) is 0 Å². The highest BCUT2D eigenvalue weighted by Gasteiger charge is 2.13. The first-order chi connectivity index (χ1) is 9.28. The zero-order valence-electron chi connectivity index (χ0n) is 10.9. The Kier molecular flexibility index (Phi) is 3.32. The molecule has 0 saturated heterocycles. The highest BCUT2D eigenvalue weighted by molar-refractivity contribution is 5.66. The Balaban J connectivity index is 2.03. The summed E-state index contributed by atoms with van der Waals surface area (Å²) >= 11 is 0. The van der Waals surface area contributed by atoms with E-state index < -0.39 is 0 Å². The van der Waals surface area contributed by atoms with E-state index in [1.54, 1.807) is 0 Å². The van der Waals surface area contributed by atoms with Crippen LogP contribution in [0.2, 0.25) is 0 Å². The lowest BCUT2D eigenvalue weighted by Gasteiger charge is -2.08. The van der Waals surface area contributed by atoms with Gasteiger partial charge in [0.05, 0.1) is 13.2 Å². The molecule has 0 radical (unpaired) electrons. The van der Waals surface area contributed by atoms with E-state index in [0.29, 0.717) is 18.8 Å². The van der Waals surface area contributed by atoms with Crippen LogP contribution in [0.25, 0.3) is 11.1 Å². The molecule has 0 aliphatic carbocycles. The zero-order valence-corrected chi connectivity index (χ0v) is 10.9. The molecule has 2 aromatic rings. The normalized spacial score (nSPS) is 13.6. The molecule has 0 fully saturated rings. The van der Waals surface area contributed by atoms with Crippen molar-refractivity contribution in [2.75, 3.05) is 7.05 Å². The molecule has 98 valence electrons. The fourth-order valence-corrected chi connectivity index (χ4v) is 2.45. The maximum atomic E-state index is 14.0. The van der Waals surface area contributed by atoms with E-state index in [-0.39, 0.29) is 5.82 Å². The number of benzene rings is 2. The minimum Gasteiger partial charge on any atom is -0.372 e. The Labute approximate surface area is 112 Å². The van der Waals surface area contributed by atoms with E-state index in [2.05, 4.69) is 5.32 Å². The van der Waals surface area contributed by atoms with Gasteiger partial charge in [-0.25, -0.2) is 4.39 Å². The molecule has 3 rings (SSSR count). The maximum absolute atomic E-state index is 14.0. The molecular formula is C16H16FNO. The Bertz CT molecular complexity index is 610. The molecule has 0 aromatic heterocycles. The number of rotatable bonds is 3. The highest BCUT2D eigenvalue weighted by Crippen LogP contribution is 2.29. The van der Waals surface area contributed by atoms with Gasteiger partial charge in [-0.2, -0.15) is 0 Å². The molecule has 0 unspecified atom stereocenters. The van der Waals surface area contributed by atoms with Crippen LogP contribution in [0.4, 0.5) is 4.39 Å². The largest absolute Gasteiger partial charge is 0.372 e. The Morgan fingerprint density at radius 1 is 1.11 bits per heavy atom. The summed E-state index contributed by atoms with van der Waals surface area (Å²) in [4.78, 5) is 0. The van der Waals surface area contributed by atoms with Gasteiger partial charge in [0.1, 0.15) is 5.82 Å². The lowest BCUT2D eigenvalue weighted by Crippen LogP contribution is -2.05. The monoisotopic (exact) mass is 257 g/mol. The summed E-state index contributed by atoms with van der Waals surface area (Å²) in [6, 6.07) is 11.3. The van der Waals surface area contributed by atoms with E-state index in [9.17, 15) is 4.39 Å². The van der Waals surface area contributed by atoms with Crippen LogP contribution in [-0.2, 0) is 24.5 Å². The first-order valence-corrected chi connectivity index (χ1v) is 6.41. The van der Waals surface area contributed by atoms with Crippen molar-refractivity contribution in [3.63, 3.8) is 0 Å². The average Bonchev–Trinajstić information content (AvgIpc) is 2.88. The van der Waals surface area contributed by atoms with Crippen LogP contribution >= 0.6 is 0 Å². The van der Waals surface area contributed by atoms with Crippen molar-refractivity contribution < 1.29 is 9.13 Å². The second kappa shape index (κ2) is 5.11. The molecule has 0 amide bonds. The molecule has 0 bridgehead atoms. The number of hydrogen-bond acceptors (Lipinski definition) is 2. The van der Waals surface area contributed by atoms with Crippen LogP contribution in [0.3, 0.4) is 0 Å². The van der Waals surface area contributed by atoms with Crippen LogP contribution in [0.5, 0.6) is 0 Å². The smallest absolute Gasteiger partial charge is 0.131 e. The van der Waals surface area contributed by atoms with Gasteiger partial charge in [-0.3, -0.25) is 0 Å². The summed E-state index contributed by atoms with van der Waals surface area (Å²) in [6.07, 6.45) is 0. The summed E-state index contributed by atoms with van der Waals surface area (Å²) in [5.74, 6) is -0.182. The molecule has 1 heterocycles. The van der Waals surface area contributed by atoms with Crippen LogP contribution in [0, 0.1) is 5.82 Å². The molecule has 2 nitrogen and oxygen atoms in total. The summed E-state index contributed by atoms with van der Waals surface area (Å²) in [5, 5.41) is 3.08. The van der Waals surface area contributed by atoms with Crippen LogP contribution in [0.1, 0.15) is 16.7 Å². The van der Waals surface area contributed by atoms with Crippen molar-refractivity contribution in [1.29, 1.82) is 0 Å². The lowest BCUT2D eigenvalue weighted by atomic mass is 9.98. The van der Waals surface area contributed by atoms with Gasteiger partial charge in [0, 0.05) is 12.1 Å². The van der Waals surface area contributed by atoms with Crippen molar-refractivity contribution >= 4 is 0 Å². The summed E-state index contributed by atoms with van der Waals surface area (Å²) in [6.45, 7) is 2.03. The van der Waals surface area contributed by atoms with Crippen LogP contribution in [0.15, 0.2) is 36.4 Å². The van der Waals surface area contributed by atoms with Crippen LogP contribution in [-0.4, -0.2) is 7.05 Å². The number of hydrogen-bond donors (Lipinski definition) is 1. The third-order valence-corrected chi connectivity index (χ3v) is 3.44. The quantitative estimate of drug-likeness (QED) is 0.911. The van der Waals surface area contributed by atoms with Crippen molar-refractivity contribution in [3.05, 3.63) is 58.9 Å². The van der Waals surface area contributed by atoms with E-state index >= 15 is 0 Å². The Hall–Kier alpha value is -1.71. The molecule has 1 N–H and O–H groups in total. The minimum absolute atomic E-state index is 0.182. The Morgan fingerprint density at radius 2 is 1.95 bits per heavy atom. The molecule has 0 atom stereocenters. The molecule has 3 heteroatoms. The van der Waals surface area contributed by atoms with E-state index in [4.69, 9.17) is 4.74 Å². The lowest BCUT2D eigenvalue weighted by molar-refractivity contribution is 0.134. The molecule has 1 aliphatic rings. The molecule has 0 spiro atoms. The van der Waals surface area contributed by atoms with E-state index in [1.165, 1.54) is 11.6 Å². The topological polar surface area (TPSA) is 21.3 Å². The predicted molar refractivity (Wildman–Crippen MR) is 73.1 cm³/mol. The van der Waals surface area contributed by atoms with E-state index in [1.807, 2.05) is 37.4 Å². The molecule has 2 aromatic carbocycles. The fraction of sp³-hybridized carbons (Fsp3) is 0.250. The predicted octanol–water partition coefficient (Wildman–Crippen LogP) is 3.24. The second-order valence-corrected chi connectivity index (χ2v) is 4.82. The van der Waals surface area contributed by atoms with Crippen molar-refractivity contribution in [3.8, 4) is 11.1 Å². The first kappa shape index (κ1) is 12.3. The van der Waals surface area contributed by atoms with Gasteiger partial charge in [-0.1, -0.05) is 18.2 Å². The third kappa shape index (κ3) is 2.39. The second-order valence-electron chi connectivity index (χ2n) is 4.82. The fourth-order valence-electron chi connectivity index (χ4n) is 2.45. The van der Waals surface area contributed by atoms with Crippen molar-refractivity contribution in [2.45, 2.75) is 19.8 Å². The number of fused-ring (bicyclic) bond motifs is 1. The van der Waals surface area contributed by atoms with Crippen molar-refractivity contribution in [2.24, 2.45) is 0 Å². The minimum atomic E-state index is -0.182. The summed E-state index contributed by atoms with van der Waals surface area (Å²) in [7, 11) is 1.88. The van der Waals surface area contributed by atoms with Gasteiger partial charge >= 0.3 is 0 Å². The maximum Gasteiger partial charge on any atom is 0.131 e. The van der Waals surface area contributed by atoms with Crippen LogP contribution < -0.4 is 5.32 Å². The molecule has 19 heavy (non-hydrogen) atoms. The molecule has 0 saturated carbocycles. The van der Waals surface area contributed by atoms with Crippen molar-refractivity contribution in [1.82, 2.24) is 5.32 Å². The highest BCUT2D eigenvalue weighted by atomic mass is 19.1. The van der Waals surface area contributed by atoms with Gasteiger partial charge in [-0.05, 0) is 47.5 Å². The van der Waals surface area contributed by atoms with Gasteiger partial charge in [0.25, 0.3) is 0 Å². The average molecular weight is 257 g/mol. The summed E-state index contributed by atoms with van der Waals surface area (Å²) < 4.78 is 19.4. The van der Waals surface area contributed by atoms with Gasteiger partial charge in [0.2, 0.25) is 0 Å². The molecular weight excluding hydrogens is 241 g/mol. The summed E-state index contributed by atoms with van der Waals surface area (Å²) in [5.41, 5.74) is 5.02. The third-order valence-electron chi connectivity index (χ3n) is 3.44. The van der Waals surface area contributed by atoms with Gasteiger partial charge in [-0.15, -0.1) is 0 Å². The zero-order chi connectivity index (χ0) is 13.2. The number of ether oxygens (including phenoxy) is 1. The van der Waals surface area contributed by atoms with Gasteiger partial charge < -0.3 is 10.1 Å². The SMILES string of the molecule is CNCc1ccc(F)c(-c2ccc3c(c2)COC3)c1. The standard InChI is InChI=1S/C16H16FNO/c1-18-8-11-2-5-16(17)15(6-11)12-3-4-13-9-19-10-14(13)7-12/h2-7,18H,8-10H2,1H3. The first-order valence-electron chi connectivity index (χ1n) is 6.41. The number of halogens is 1. The van der Waals surface area contributed by atoms with E-state index in [0.717, 1.165) is 23.2 Å². The number of nitrogens with one attached hydrogen (secondary N) is 1.